The normalized spacial score (nSPS) is 11.7. The van der Waals surface area contributed by atoms with E-state index in [2.05, 4.69) is 10.6 Å². The van der Waals surface area contributed by atoms with E-state index in [0.717, 1.165) is 11.1 Å². The fraction of sp³-hybridized carbons (Fsp3) is 0.385. The van der Waals surface area contributed by atoms with Gasteiger partial charge in [0, 0.05) is 19.6 Å². The van der Waals surface area contributed by atoms with Crippen molar-refractivity contribution in [3.63, 3.8) is 0 Å². The van der Waals surface area contributed by atoms with Crippen molar-refractivity contribution in [2.45, 2.75) is 25.9 Å². The number of nitrogens with one attached hydrogen (secondary N) is 2. The molecule has 6 nitrogen and oxygen atoms in total. The number of aliphatic hydroxyl groups is 1. The van der Waals surface area contributed by atoms with E-state index in [4.69, 9.17) is 10.2 Å². The maximum Gasteiger partial charge on any atom is 0.326 e. The number of benzene rings is 1. The molecule has 0 saturated carbocycles. The first-order valence-electron chi connectivity index (χ1n) is 5.97. The summed E-state index contributed by atoms with van der Waals surface area (Å²) in [6.45, 7) is 1.96. The second-order valence-corrected chi connectivity index (χ2v) is 4.16. The van der Waals surface area contributed by atoms with Crippen LogP contribution in [0.3, 0.4) is 0 Å². The summed E-state index contributed by atoms with van der Waals surface area (Å²) >= 11 is 0. The lowest BCUT2D eigenvalue weighted by Gasteiger charge is -2.14. The fourth-order valence-electron chi connectivity index (χ4n) is 1.58. The molecule has 104 valence electrons. The first-order valence-corrected chi connectivity index (χ1v) is 5.97. The fourth-order valence-corrected chi connectivity index (χ4v) is 1.58. The van der Waals surface area contributed by atoms with E-state index in [0.29, 0.717) is 6.54 Å². The van der Waals surface area contributed by atoms with Crippen LogP contribution in [0.2, 0.25) is 0 Å². The summed E-state index contributed by atoms with van der Waals surface area (Å²) < 4.78 is 0. The third kappa shape index (κ3) is 4.97. The van der Waals surface area contributed by atoms with Crippen molar-refractivity contribution >= 4 is 12.0 Å². The number of aliphatic carboxylic acids is 1. The third-order valence-electron chi connectivity index (χ3n) is 2.72. The highest BCUT2D eigenvalue weighted by Gasteiger charge is 2.18. The second-order valence-electron chi connectivity index (χ2n) is 4.16. The molecule has 0 heterocycles. The molecule has 0 unspecified atom stereocenters. The van der Waals surface area contributed by atoms with E-state index < -0.39 is 18.0 Å². The maximum absolute atomic E-state index is 11.6. The van der Waals surface area contributed by atoms with E-state index >= 15 is 0 Å². The average Bonchev–Trinajstić information content (AvgIpc) is 2.37. The van der Waals surface area contributed by atoms with Gasteiger partial charge in [-0.3, -0.25) is 0 Å². The molecule has 0 aliphatic carbocycles. The van der Waals surface area contributed by atoms with Gasteiger partial charge in [0.05, 0.1) is 0 Å². The summed E-state index contributed by atoms with van der Waals surface area (Å²) in [6, 6.07) is 5.94. The lowest BCUT2D eigenvalue weighted by molar-refractivity contribution is -0.139. The van der Waals surface area contributed by atoms with Crippen LogP contribution in [0.5, 0.6) is 0 Å². The van der Waals surface area contributed by atoms with Gasteiger partial charge < -0.3 is 20.8 Å². The van der Waals surface area contributed by atoms with Crippen molar-refractivity contribution < 1.29 is 19.8 Å². The molecular weight excluding hydrogens is 248 g/mol. The van der Waals surface area contributed by atoms with Gasteiger partial charge in [-0.2, -0.15) is 0 Å². The summed E-state index contributed by atoms with van der Waals surface area (Å²) in [4.78, 5) is 22.3. The molecule has 0 aromatic heterocycles. The Kier molecular flexibility index (Phi) is 5.81. The van der Waals surface area contributed by atoms with Crippen LogP contribution >= 0.6 is 0 Å². The van der Waals surface area contributed by atoms with Gasteiger partial charge in [-0.05, 0) is 18.1 Å². The molecule has 4 N–H and O–H groups in total. The molecule has 0 saturated heterocycles. The first-order chi connectivity index (χ1) is 9.04. The van der Waals surface area contributed by atoms with Crippen LogP contribution in [0.25, 0.3) is 0 Å². The molecule has 19 heavy (non-hydrogen) atoms. The van der Waals surface area contributed by atoms with E-state index in [1.165, 1.54) is 0 Å². The number of hydrogen-bond acceptors (Lipinski definition) is 3. The highest BCUT2D eigenvalue weighted by Crippen LogP contribution is 2.05. The lowest BCUT2D eigenvalue weighted by atomic mass is 10.1. The molecular formula is C13H18N2O4. The van der Waals surface area contributed by atoms with Gasteiger partial charge in [0.2, 0.25) is 0 Å². The number of carboxylic acids is 1. The minimum Gasteiger partial charge on any atom is -0.480 e. The van der Waals surface area contributed by atoms with Gasteiger partial charge in [0.1, 0.15) is 6.04 Å². The summed E-state index contributed by atoms with van der Waals surface area (Å²) in [7, 11) is 0. The number of hydrogen-bond donors (Lipinski definition) is 4. The Bertz CT molecular complexity index is 448. The predicted octanol–water partition coefficient (Wildman–Crippen LogP) is 0.630. The number of carboxylic acid groups (broad SMARTS) is 1. The molecule has 0 bridgehead atoms. The molecule has 0 fully saturated rings. The second kappa shape index (κ2) is 7.38. The molecule has 1 aromatic rings. The summed E-state index contributed by atoms with van der Waals surface area (Å²) in [5.41, 5.74) is 2.01. The summed E-state index contributed by atoms with van der Waals surface area (Å²) in [6.07, 6.45) is -0.0207. The van der Waals surface area contributed by atoms with E-state index in [9.17, 15) is 9.59 Å². The number of amides is 2. The Morgan fingerprint density at radius 2 is 2.00 bits per heavy atom. The van der Waals surface area contributed by atoms with Crippen molar-refractivity contribution in [1.82, 2.24) is 10.6 Å². The van der Waals surface area contributed by atoms with Gasteiger partial charge in [-0.25, -0.2) is 9.59 Å². The number of aliphatic hydroxyl groups excluding tert-OH is 1. The average molecular weight is 266 g/mol. The molecule has 6 heteroatoms. The molecule has 1 aromatic carbocycles. The number of rotatable bonds is 6. The molecule has 0 radical (unpaired) electrons. The Morgan fingerprint density at radius 3 is 2.58 bits per heavy atom. The van der Waals surface area contributed by atoms with E-state index in [1.807, 2.05) is 31.2 Å². The zero-order valence-corrected chi connectivity index (χ0v) is 10.7. The van der Waals surface area contributed by atoms with Crippen LogP contribution in [0, 0.1) is 6.92 Å². The Labute approximate surface area is 111 Å². The largest absolute Gasteiger partial charge is 0.480 e. The molecule has 1 atom stereocenters. The monoisotopic (exact) mass is 266 g/mol. The van der Waals surface area contributed by atoms with Crippen molar-refractivity contribution in [3.05, 3.63) is 35.4 Å². The quantitative estimate of drug-likeness (QED) is 0.607. The van der Waals surface area contributed by atoms with Crippen LogP contribution in [0.1, 0.15) is 17.5 Å². The topological polar surface area (TPSA) is 98.7 Å². The van der Waals surface area contributed by atoms with Crippen LogP contribution < -0.4 is 10.6 Å². The molecule has 0 aliphatic heterocycles. The van der Waals surface area contributed by atoms with E-state index in [1.54, 1.807) is 0 Å². The predicted molar refractivity (Wildman–Crippen MR) is 69.7 cm³/mol. The highest BCUT2D eigenvalue weighted by molar-refractivity contribution is 5.82. The van der Waals surface area contributed by atoms with Gasteiger partial charge >= 0.3 is 12.0 Å². The number of carbonyl (C=O) groups excluding carboxylic acids is 1. The zero-order chi connectivity index (χ0) is 14.3. The van der Waals surface area contributed by atoms with Crippen molar-refractivity contribution in [2.75, 3.05) is 6.61 Å². The minimum absolute atomic E-state index is 0.0207. The number of urea groups is 1. The Balaban J connectivity index is 2.47. The van der Waals surface area contributed by atoms with E-state index in [-0.39, 0.29) is 13.0 Å². The zero-order valence-electron chi connectivity index (χ0n) is 10.7. The SMILES string of the molecule is Cc1ccccc1CNC(=O)N[C@H](CCO)C(=O)O. The van der Waals surface area contributed by atoms with Gasteiger partial charge in [-0.15, -0.1) is 0 Å². The van der Waals surface area contributed by atoms with Gasteiger partial charge in [0.25, 0.3) is 0 Å². The van der Waals surface area contributed by atoms with Crippen molar-refractivity contribution in [1.29, 1.82) is 0 Å². The molecule has 2 amide bonds. The Morgan fingerprint density at radius 1 is 1.32 bits per heavy atom. The Hall–Kier alpha value is -2.08. The smallest absolute Gasteiger partial charge is 0.326 e. The lowest BCUT2D eigenvalue weighted by Crippen LogP contribution is -2.46. The molecule has 0 aliphatic rings. The van der Waals surface area contributed by atoms with Crippen LogP contribution in [0.15, 0.2) is 24.3 Å². The van der Waals surface area contributed by atoms with Crippen molar-refractivity contribution in [2.24, 2.45) is 0 Å². The standard InChI is InChI=1S/C13H18N2O4/c1-9-4-2-3-5-10(9)8-14-13(19)15-11(6-7-16)12(17)18/h2-5,11,16H,6-8H2,1H3,(H,17,18)(H2,14,15,19)/t11-/m1/s1. The summed E-state index contributed by atoms with van der Waals surface area (Å²) in [5, 5.41) is 22.4. The first kappa shape index (κ1) is 15.0. The minimum atomic E-state index is -1.17. The van der Waals surface area contributed by atoms with Gasteiger partial charge in [-0.1, -0.05) is 24.3 Å². The van der Waals surface area contributed by atoms with Crippen LogP contribution in [-0.2, 0) is 11.3 Å². The molecule has 1 rings (SSSR count). The summed E-state index contributed by atoms with van der Waals surface area (Å²) in [5.74, 6) is -1.17. The van der Waals surface area contributed by atoms with Crippen LogP contribution in [-0.4, -0.2) is 34.9 Å². The number of carbonyl (C=O) groups is 2. The number of aryl methyl sites for hydroxylation is 1. The third-order valence-corrected chi connectivity index (χ3v) is 2.72. The maximum atomic E-state index is 11.6. The highest BCUT2D eigenvalue weighted by atomic mass is 16.4. The van der Waals surface area contributed by atoms with Gasteiger partial charge in [0.15, 0.2) is 0 Å². The van der Waals surface area contributed by atoms with Crippen molar-refractivity contribution in [3.8, 4) is 0 Å². The molecule has 0 spiro atoms. The van der Waals surface area contributed by atoms with Crippen LogP contribution in [0.4, 0.5) is 4.79 Å².